The van der Waals surface area contributed by atoms with E-state index in [2.05, 4.69) is 23.6 Å². The number of likely N-dealkylation sites (tertiary alicyclic amines) is 1. The molecule has 2 aromatic rings. The molecule has 1 saturated heterocycles. The van der Waals surface area contributed by atoms with Crippen LogP contribution in [0.15, 0.2) is 60.7 Å². The molecule has 42 heavy (non-hydrogen) atoms. The molecule has 5 rings (SSSR count). The molecule has 0 spiro atoms. The van der Waals surface area contributed by atoms with Crippen molar-refractivity contribution in [1.29, 1.82) is 0 Å². The predicted molar refractivity (Wildman–Crippen MR) is 162 cm³/mol. The Kier molecular flexibility index (Phi) is 10.3. The number of aliphatic hydroxyl groups is 1. The fourth-order valence-electron chi connectivity index (χ4n) is 6.56. The Labute approximate surface area is 249 Å². The van der Waals surface area contributed by atoms with Gasteiger partial charge in [0.15, 0.2) is 0 Å². The first-order valence-corrected chi connectivity index (χ1v) is 15.5. The van der Waals surface area contributed by atoms with Crippen LogP contribution >= 0.6 is 0 Å². The Bertz CT molecular complexity index is 1230. The summed E-state index contributed by atoms with van der Waals surface area (Å²) < 4.78 is 11.8. The van der Waals surface area contributed by atoms with Crippen LogP contribution < -0.4 is 15.4 Å². The lowest BCUT2D eigenvalue weighted by atomic mass is 9.99. The molecule has 3 aliphatic rings. The number of carbonyl (C=O) groups excluding carboxylic acids is 2. The Morgan fingerprint density at radius 2 is 1.93 bits per heavy atom. The summed E-state index contributed by atoms with van der Waals surface area (Å²) in [7, 11) is 1.66. The fraction of sp³-hybridized carbons (Fsp3) is 0.529. The van der Waals surface area contributed by atoms with E-state index in [-0.39, 0.29) is 36.4 Å². The molecule has 0 radical (unpaired) electrons. The van der Waals surface area contributed by atoms with Gasteiger partial charge in [-0.25, -0.2) is 0 Å². The van der Waals surface area contributed by atoms with Gasteiger partial charge in [0.05, 0.1) is 32.0 Å². The molecular formula is C34H45N3O5. The zero-order valence-corrected chi connectivity index (χ0v) is 24.8. The van der Waals surface area contributed by atoms with Crippen LogP contribution in [0.4, 0.5) is 0 Å². The molecule has 6 atom stereocenters. The van der Waals surface area contributed by atoms with E-state index in [1.807, 2.05) is 54.6 Å². The summed E-state index contributed by atoms with van der Waals surface area (Å²) in [6.07, 6.45) is 8.28. The van der Waals surface area contributed by atoms with E-state index in [0.29, 0.717) is 26.0 Å². The maximum atomic E-state index is 13.9. The van der Waals surface area contributed by atoms with Gasteiger partial charge < -0.3 is 30.1 Å². The molecule has 0 saturated carbocycles. The van der Waals surface area contributed by atoms with Gasteiger partial charge in [-0.2, -0.15) is 0 Å². The van der Waals surface area contributed by atoms with Crippen LogP contribution in [0.5, 0.6) is 5.75 Å². The van der Waals surface area contributed by atoms with Crippen LogP contribution in [0.25, 0.3) is 0 Å². The number of nitrogens with zero attached hydrogens (tertiary/aromatic N) is 1. The van der Waals surface area contributed by atoms with Crippen molar-refractivity contribution < 1.29 is 24.2 Å². The maximum Gasteiger partial charge on any atom is 0.243 e. The van der Waals surface area contributed by atoms with E-state index >= 15 is 0 Å². The van der Waals surface area contributed by atoms with Crippen molar-refractivity contribution in [3.8, 4) is 5.75 Å². The molecule has 226 valence electrons. The van der Waals surface area contributed by atoms with Gasteiger partial charge in [-0.05, 0) is 60.9 Å². The Hall–Kier alpha value is -3.20. The van der Waals surface area contributed by atoms with Crippen molar-refractivity contribution in [1.82, 2.24) is 15.5 Å². The number of ether oxygens (including phenoxy) is 2. The highest BCUT2D eigenvalue weighted by Crippen LogP contribution is 2.42. The number of benzene rings is 2. The van der Waals surface area contributed by atoms with Crippen molar-refractivity contribution in [2.24, 2.45) is 5.92 Å². The number of nitrogens with one attached hydrogen (secondary N) is 2. The second-order valence-corrected chi connectivity index (χ2v) is 11.8. The molecule has 1 aliphatic carbocycles. The standard InChI is InChI=1S/C34H45N3O5/c1-3-4-12-24-16-17-37(34(24)40)30-13-8-9-18-42-32-21-28(27-20-25(41-2)14-15-26(27)32)35-22-31(38)29(36-33(30)39)19-23-10-6-5-7-11-23/h5-11,14-15,20,24,28-32,35,38H,3-4,12-13,16-19,21-22H2,1-2H3,(H,36,39)/b9-8+/t24-,28-,29-,30-,31+,32+/m0/s1. The smallest absolute Gasteiger partial charge is 0.243 e. The van der Waals surface area contributed by atoms with E-state index < -0.39 is 18.2 Å². The summed E-state index contributed by atoms with van der Waals surface area (Å²) in [5, 5.41) is 18.2. The van der Waals surface area contributed by atoms with Gasteiger partial charge in [-0.1, -0.05) is 68.3 Å². The molecule has 2 aliphatic heterocycles. The van der Waals surface area contributed by atoms with Gasteiger partial charge in [0.2, 0.25) is 11.8 Å². The summed E-state index contributed by atoms with van der Waals surface area (Å²) in [6, 6.07) is 14.8. The van der Waals surface area contributed by atoms with Crippen LogP contribution in [0.1, 0.15) is 74.3 Å². The molecule has 3 N–H and O–H groups in total. The third-order valence-corrected chi connectivity index (χ3v) is 8.99. The van der Waals surface area contributed by atoms with Crippen LogP contribution in [0, 0.1) is 5.92 Å². The molecular weight excluding hydrogens is 530 g/mol. The molecule has 2 amide bonds. The normalized spacial score (nSPS) is 29.4. The number of hydrogen-bond acceptors (Lipinski definition) is 6. The Morgan fingerprint density at radius 1 is 1.10 bits per heavy atom. The van der Waals surface area contributed by atoms with E-state index in [0.717, 1.165) is 54.5 Å². The van der Waals surface area contributed by atoms with Gasteiger partial charge in [-0.3, -0.25) is 9.59 Å². The van der Waals surface area contributed by atoms with Crippen LogP contribution in [-0.4, -0.2) is 66.8 Å². The topological polar surface area (TPSA) is 100 Å². The summed E-state index contributed by atoms with van der Waals surface area (Å²) in [5.41, 5.74) is 3.25. The summed E-state index contributed by atoms with van der Waals surface area (Å²) in [5.74, 6) is 0.601. The third-order valence-electron chi connectivity index (χ3n) is 8.99. The summed E-state index contributed by atoms with van der Waals surface area (Å²) >= 11 is 0. The number of hydrogen-bond donors (Lipinski definition) is 3. The highest BCUT2D eigenvalue weighted by molar-refractivity contribution is 5.90. The quantitative estimate of drug-likeness (QED) is 0.427. The van der Waals surface area contributed by atoms with Crippen molar-refractivity contribution >= 4 is 11.8 Å². The summed E-state index contributed by atoms with van der Waals surface area (Å²) in [6.45, 7) is 3.40. The molecule has 1 fully saturated rings. The van der Waals surface area contributed by atoms with Gasteiger partial charge in [-0.15, -0.1) is 0 Å². The van der Waals surface area contributed by atoms with Gasteiger partial charge in [0.25, 0.3) is 0 Å². The maximum absolute atomic E-state index is 13.9. The largest absolute Gasteiger partial charge is 0.497 e. The number of carbonyl (C=O) groups is 2. The van der Waals surface area contributed by atoms with Crippen molar-refractivity contribution in [3.63, 3.8) is 0 Å². The lowest BCUT2D eigenvalue weighted by molar-refractivity contribution is -0.140. The Balaban J connectivity index is 1.41. The molecule has 2 aromatic carbocycles. The minimum Gasteiger partial charge on any atom is -0.497 e. The first-order valence-electron chi connectivity index (χ1n) is 15.5. The van der Waals surface area contributed by atoms with E-state index in [9.17, 15) is 14.7 Å². The average Bonchev–Trinajstić information content (AvgIpc) is 3.54. The fourth-order valence-corrected chi connectivity index (χ4v) is 6.56. The highest BCUT2D eigenvalue weighted by atomic mass is 16.5. The molecule has 0 unspecified atom stereocenters. The molecule has 2 heterocycles. The average molecular weight is 576 g/mol. The number of β-amino-alcohol motifs (C(OH)–C–C–N with tert-alkyl or cyclic N) is 1. The zero-order chi connectivity index (χ0) is 29.5. The van der Waals surface area contributed by atoms with Crippen LogP contribution in [-0.2, 0) is 20.7 Å². The number of methoxy groups -OCH3 is 1. The monoisotopic (exact) mass is 575 g/mol. The number of aliphatic hydroxyl groups excluding tert-OH is 1. The number of unbranched alkanes of at least 4 members (excludes halogenated alkanes) is 1. The third kappa shape index (κ3) is 7.05. The molecule has 2 bridgehead atoms. The number of fused-ring (bicyclic) bond motifs is 5. The van der Waals surface area contributed by atoms with E-state index in [1.54, 1.807) is 12.0 Å². The highest BCUT2D eigenvalue weighted by Gasteiger charge is 2.39. The van der Waals surface area contributed by atoms with E-state index in [4.69, 9.17) is 9.47 Å². The van der Waals surface area contributed by atoms with Gasteiger partial charge >= 0.3 is 0 Å². The predicted octanol–water partition coefficient (Wildman–Crippen LogP) is 4.24. The van der Waals surface area contributed by atoms with Crippen LogP contribution in [0.3, 0.4) is 0 Å². The lowest BCUT2D eigenvalue weighted by Crippen LogP contribution is -2.55. The second-order valence-electron chi connectivity index (χ2n) is 11.8. The number of amides is 2. The minimum absolute atomic E-state index is 0.0213. The zero-order valence-electron chi connectivity index (χ0n) is 24.8. The lowest BCUT2D eigenvalue weighted by Gasteiger charge is -2.31. The van der Waals surface area contributed by atoms with Crippen LogP contribution in [0.2, 0.25) is 0 Å². The molecule has 8 nitrogen and oxygen atoms in total. The van der Waals surface area contributed by atoms with Crippen molar-refractivity contribution in [2.75, 3.05) is 26.8 Å². The first-order chi connectivity index (χ1) is 20.5. The second kappa shape index (κ2) is 14.3. The van der Waals surface area contributed by atoms with E-state index in [1.165, 1.54) is 0 Å². The van der Waals surface area contributed by atoms with Gasteiger partial charge in [0.1, 0.15) is 11.8 Å². The first kappa shape index (κ1) is 30.3. The minimum atomic E-state index is -0.851. The molecule has 0 aromatic heterocycles. The summed E-state index contributed by atoms with van der Waals surface area (Å²) in [4.78, 5) is 29.0. The SMILES string of the molecule is CCCC[C@H]1CCN([C@H]2C/C=C/CO[C@@H]3C[C@H](NC[C@@H](O)[C@H](Cc4ccccc4)NC2=O)c2cc(OC)ccc23)C1=O. The van der Waals surface area contributed by atoms with Crippen molar-refractivity contribution in [3.05, 3.63) is 77.4 Å². The molecule has 8 heteroatoms. The Morgan fingerprint density at radius 3 is 2.71 bits per heavy atom. The number of rotatable bonds is 7. The van der Waals surface area contributed by atoms with Crippen molar-refractivity contribution in [2.45, 2.75) is 82.2 Å². The van der Waals surface area contributed by atoms with Gasteiger partial charge in [0, 0.05) is 25.0 Å².